The van der Waals surface area contributed by atoms with Crippen LogP contribution in [0.2, 0.25) is 15.1 Å². The molecule has 0 aliphatic heterocycles. The van der Waals surface area contributed by atoms with Crippen molar-refractivity contribution in [1.29, 1.82) is 0 Å². The maximum Gasteiger partial charge on any atom is 0.435 e. The molecule has 1 aliphatic carbocycles. The molecule has 0 spiro atoms. The summed E-state index contributed by atoms with van der Waals surface area (Å²) in [6.07, 6.45) is -1.55. The van der Waals surface area contributed by atoms with E-state index in [9.17, 15) is 18.0 Å². The van der Waals surface area contributed by atoms with Gasteiger partial charge in [0.2, 0.25) is 5.91 Å². The van der Waals surface area contributed by atoms with Gasteiger partial charge in [0.25, 0.3) is 0 Å². The molecule has 2 heterocycles. The summed E-state index contributed by atoms with van der Waals surface area (Å²) in [6, 6.07) is 6.09. The van der Waals surface area contributed by atoms with E-state index in [1.54, 1.807) is 18.2 Å². The highest BCUT2D eigenvalue weighted by Gasteiger charge is 2.38. The predicted molar refractivity (Wildman–Crippen MR) is 111 cm³/mol. The fraction of sp³-hybridized carbons (Fsp3) is 0.316. The van der Waals surface area contributed by atoms with E-state index in [4.69, 9.17) is 34.8 Å². The topological polar surface area (TPSA) is 64.7 Å². The molecule has 0 unspecified atom stereocenters. The fourth-order valence-corrected chi connectivity index (χ4v) is 3.83. The van der Waals surface area contributed by atoms with Gasteiger partial charge in [-0.15, -0.1) is 0 Å². The zero-order valence-electron chi connectivity index (χ0n) is 15.8. The molecule has 4 rings (SSSR count). The number of anilines is 1. The van der Waals surface area contributed by atoms with Crippen molar-refractivity contribution in [3.63, 3.8) is 0 Å². The Kier molecular flexibility index (Phi) is 5.93. The van der Waals surface area contributed by atoms with Crippen LogP contribution in [0.25, 0.3) is 0 Å². The van der Waals surface area contributed by atoms with Crippen LogP contribution < -0.4 is 5.32 Å². The zero-order chi connectivity index (χ0) is 22.3. The Morgan fingerprint density at radius 3 is 2.42 bits per heavy atom. The van der Waals surface area contributed by atoms with Crippen molar-refractivity contribution in [3.05, 3.63) is 62.5 Å². The Bertz CT molecular complexity index is 1120. The normalized spacial score (nSPS) is 14.1. The van der Waals surface area contributed by atoms with Crippen LogP contribution in [0.3, 0.4) is 0 Å². The molecule has 12 heteroatoms. The molecule has 0 atom stereocenters. The molecule has 3 aromatic rings. The van der Waals surface area contributed by atoms with Crippen molar-refractivity contribution in [2.45, 2.75) is 38.0 Å². The second kappa shape index (κ2) is 8.37. The van der Waals surface area contributed by atoms with Crippen molar-refractivity contribution < 1.29 is 18.0 Å². The van der Waals surface area contributed by atoms with Gasteiger partial charge in [0.05, 0.1) is 6.54 Å². The molecule has 0 bridgehead atoms. The maximum atomic E-state index is 13.0. The number of aromatic nitrogens is 4. The Morgan fingerprint density at radius 1 is 1.13 bits per heavy atom. The van der Waals surface area contributed by atoms with E-state index in [1.165, 1.54) is 10.9 Å². The van der Waals surface area contributed by atoms with Gasteiger partial charge in [-0.1, -0.05) is 40.9 Å². The molecular formula is C19H15Cl3F3N5O. The van der Waals surface area contributed by atoms with Crippen LogP contribution in [0.5, 0.6) is 0 Å². The van der Waals surface area contributed by atoms with Crippen molar-refractivity contribution in [3.8, 4) is 0 Å². The fourth-order valence-electron chi connectivity index (χ4n) is 3.12. The van der Waals surface area contributed by atoms with E-state index < -0.39 is 17.8 Å². The van der Waals surface area contributed by atoms with Crippen LogP contribution in [0.4, 0.5) is 19.0 Å². The minimum Gasteiger partial charge on any atom is -0.306 e. The van der Waals surface area contributed by atoms with Gasteiger partial charge in [0.1, 0.15) is 11.6 Å². The van der Waals surface area contributed by atoms with Gasteiger partial charge < -0.3 is 5.32 Å². The largest absolute Gasteiger partial charge is 0.435 e. The summed E-state index contributed by atoms with van der Waals surface area (Å²) in [4.78, 5) is 12.5. The van der Waals surface area contributed by atoms with Gasteiger partial charge in [-0.3, -0.25) is 14.2 Å². The van der Waals surface area contributed by atoms with Crippen molar-refractivity contribution >= 4 is 46.5 Å². The van der Waals surface area contributed by atoms with Crippen LogP contribution in [-0.4, -0.2) is 25.5 Å². The number of benzene rings is 1. The lowest BCUT2D eigenvalue weighted by atomic mass is 10.2. The summed E-state index contributed by atoms with van der Waals surface area (Å²) < 4.78 is 41.6. The lowest BCUT2D eigenvalue weighted by Crippen LogP contribution is -2.21. The molecular weight excluding hydrogens is 478 g/mol. The van der Waals surface area contributed by atoms with Gasteiger partial charge in [0, 0.05) is 33.4 Å². The second-order valence-electron chi connectivity index (χ2n) is 7.16. The van der Waals surface area contributed by atoms with Crippen LogP contribution in [0, 0.1) is 0 Å². The molecule has 1 N–H and O–H groups in total. The number of nitrogens with one attached hydrogen (secondary N) is 1. The first-order valence-corrected chi connectivity index (χ1v) is 10.4. The number of rotatable bonds is 6. The SMILES string of the molecule is O=C(Cn1nc(C(F)(F)F)cc1C1CC1)Nc1nn(Cc2c(Cl)cccc2Cl)cc1Cl. The Balaban J connectivity index is 1.48. The Labute approximate surface area is 189 Å². The molecule has 1 saturated carbocycles. The first kappa shape index (κ1) is 22.0. The molecule has 1 aliphatic rings. The first-order valence-electron chi connectivity index (χ1n) is 9.22. The number of amides is 1. The quantitative estimate of drug-likeness (QED) is 0.485. The predicted octanol–water partition coefficient (Wildman–Crippen LogP) is 5.62. The van der Waals surface area contributed by atoms with Gasteiger partial charge in [-0.25, -0.2) is 0 Å². The maximum absolute atomic E-state index is 13.0. The van der Waals surface area contributed by atoms with Gasteiger partial charge in [0.15, 0.2) is 11.5 Å². The number of carbonyl (C=O) groups is 1. The molecule has 1 amide bonds. The second-order valence-corrected chi connectivity index (χ2v) is 8.38. The summed E-state index contributed by atoms with van der Waals surface area (Å²) in [5.41, 5.74) is 0.0155. The highest BCUT2D eigenvalue weighted by molar-refractivity contribution is 6.36. The van der Waals surface area contributed by atoms with E-state index in [2.05, 4.69) is 15.5 Å². The number of alkyl halides is 3. The molecule has 1 fully saturated rings. The third kappa shape index (κ3) is 4.99. The molecule has 31 heavy (non-hydrogen) atoms. The zero-order valence-corrected chi connectivity index (χ0v) is 18.0. The number of halogens is 6. The van der Waals surface area contributed by atoms with Crippen LogP contribution in [0.1, 0.15) is 35.7 Å². The summed E-state index contributed by atoms with van der Waals surface area (Å²) in [7, 11) is 0. The van der Waals surface area contributed by atoms with Crippen LogP contribution >= 0.6 is 34.8 Å². The number of hydrogen-bond acceptors (Lipinski definition) is 3. The van der Waals surface area contributed by atoms with Gasteiger partial charge in [-0.2, -0.15) is 23.4 Å². The number of hydrogen-bond donors (Lipinski definition) is 1. The minimum atomic E-state index is -4.58. The van der Waals surface area contributed by atoms with Crippen LogP contribution in [0.15, 0.2) is 30.5 Å². The summed E-state index contributed by atoms with van der Waals surface area (Å²) >= 11 is 18.5. The molecule has 1 aromatic carbocycles. The molecule has 6 nitrogen and oxygen atoms in total. The highest BCUT2D eigenvalue weighted by atomic mass is 35.5. The van der Waals surface area contributed by atoms with E-state index in [1.807, 2.05) is 0 Å². The average molecular weight is 493 g/mol. The van der Waals surface area contributed by atoms with Gasteiger partial charge in [-0.05, 0) is 31.0 Å². The number of carbonyl (C=O) groups excluding carboxylic acids is 1. The van der Waals surface area contributed by atoms with Crippen molar-refractivity contribution in [2.24, 2.45) is 0 Å². The third-order valence-corrected chi connectivity index (χ3v) is 5.73. The molecule has 0 radical (unpaired) electrons. The summed E-state index contributed by atoms with van der Waals surface area (Å²) in [5, 5.41) is 11.4. The average Bonchev–Trinajstić information content (AvgIpc) is 3.34. The van der Waals surface area contributed by atoms with E-state index in [-0.39, 0.29) is 29.8 Å². The van der Waals surface area contributed by atoms with E-state index >= 15 is 0 Å². The van der Waals surface area contributed by atoms with E-state index in [0.29, 0.717) is 21.3 Å². The van der Waals surface area contributed by atoms with Crippen LogP contribution in [-0.2, 0) is 24.1 Å². The van der Waals surface area contributed by atoms with Gasteiger partial charge >= 0.3 is 6.18 Å². The monoisotopic (exact) mass is 491 g/mol. The lowest BCUT2D eigenvalue weighted by molar-refractivity contribution is -0.141. The molecule has 164 valence electrons. The smallest absolute Gasteiger partial charge is 0.306 e. The molecule has 2 aromatic heterocycles. The van der Waals surface area contributed by atoms with Crippen molar-refractivity contribution in [2.75, 3.05) is 5.32 Å². The van der Waals surface area contributed by atoms with Crippen molar-refractivity contribution in [1.82, 2.24) is 19.6 Å². The Morgan fingerprint density at radius 2 is 1.81 bits per heavy atom. The summed E-state index contributed by atoms with van der Waals surface area (Å²) in [5.74, 6) is -0.535. The molecule has 0 saturated heterocycles. The Hall–Kier alpha value is -2.23. The number of nitrogens with zero attached hydrogens (tertiary/aromatic N) is 4. The highest BCUT2D eigenvalue weighted by Crippen LogP contribution is 2.42. The standard InChI is InChI=1S/C19H15Cl3F3N5O/c20-12-2-1-3-13(21)11(12)7-29-8-14(22)18(28-29)26-17(31)9-30-15(10-4-5-10)6-16(27-30)19(23,24)25/h1-3,6,8,10H,4-5,7,9H2,(H,26,28,31). The van der Waals surface area contributed by atoms with E-state index in [0.717, 1.165) is 23.6 Å². The minimum absolute atomic E-state index is 0.0143. The first-order chi connectivity index (χ1) is 14.6. The summed E-state index contributed by atoms with van der Waals surface area (Å²) in [6.45, 7) is -0.171. The lowest BCUT2D eigenvalue weighted by Gasteiger charge is -2.08. The third-order valence-electron chi connectivity index (χ3n) is 4.75.